The number of hydrogen-bond donors (Lipinski definition) is 2. The quantitative estimate of drug-likeness (QED) is 0.800. The van der Waals surface area contributed by atoms with Crippen molar-refractivity contribution >= 4 is 17.9 Å². The average molecular weight is 339 g/mol. The van der Waals surface area contributed by atoms with Gasteiger partial charge in [0.1, 0.15) is 5.82 Å². The van der Waals surface area contributed by atoms with Crippen LogP contribution in [0, 0.1) is 5.92 Å². The van der Waals surface area contributed by atoms with Crippen molar-refractivity contribution in [3.05, 3.63) is 42.5 Å². The third-order valence-corrected chi connectivity index (χ3v) is 4.37. The normalized spacial score (nSPS) is 15.6. The minimum Gasteiger partial charge on any atom is -0.478 e. The fourth-order valence-corrected chi connectivity index (χ4v) is 2.90. The predicted molar refractivity (Wildman–Crippen MR) is 95.9 cm³/mol. The molecule has 0 radical (unpaired) electrons. The first-order valence-electron chi connectivity index (χ1n) is 8.29. The minimum atomic E-state index is -0.993. The Labute approximate surface area is 146 Å². The zero-order chi connectivity index (χ0) is 17.6. The Bertz CT molecular complexity index is 770. The second-order valence-electron chi connectivity index (χ2n) is 6.11. The van der Waals surface area contributed by atoms with E-state index >= 15 is 0 Å². The molecule has 0 saturated carbocycles. The van der Waals surface area contributed by atoms with Gasteiger partial charge in [-0.1, -0.05) is 0 Å². The smallest absolute Gasteiger partial charge is 0.328 e. The van der Waals surface area contributed by atoms with E-state index in [4.69, 9.17) is 15.8 Å². The molecule has 0 spiro atoms. The molecule has 25 heavy (non-hydrogen) atoms. The van der Waals surface area contributed by atoms with Gasteiger partial charge in [0, 0.05) is 37.1 Å². The molecule has 0 atom stereocenters. The molecule has 1 aliphatic rings. The van der Waals surface area contributed by atoms with E-state index in [2.05, 4.69) is 14.9 Å². The molecule has 1 saturated heterocycles. The van der Waals surface area contributed by atoms with Crippen LogP contribution in [0.15, 0.2) is 36.9 Å². The van der Waals surface area contributed by atoms with Gasteiger partial charge >= 0.3 is 5.97 Å². The van der Waals surface area contributed by atoms with Crippen LogP contribution in [0.2, 0.25) is 0 Å². The number of carbonyl (C=O) groups is 1. The van der Waals surface area contributed by atoms with Gasteiger partial charge in [-0.2, -0.15) is 0 Å². The first kappa shape index (κ1) is 17.0. The molecule has 130 valence electrons. The monoisotopic (exact) mass is 339 g/mol. The highest BCUT2D eigenvalue weighted by Crippen LogP contribution is 2.24. The summed E-state index contributed by atoms with van der Waals surface area (Å²) < 4.78 is 0. The van der Waals surface area contributed by atoms with Gasteiger partial charge < -0.3 is 15.7 Å². The molecule has 7 heteroatoms. The van der Waals surface area contributed by atoms with Crippen LogP contribution < -0.4 is 10.6 Å². The Kier molecular flexibility index (Phi) is 5.35. The number of aromatic nitrogens is 3. The molecule has 3 rings (SSSR count). The molecule has 1 aliphatic heterocycles. The maximum absolute atomic E-state index is 10.6. The van der Waals surface area contributed by atoms with Gasteiger partial charge in [0.25, 0.3) is 0 Å². The summed E-state index contributed by atoms with van der Waals surface area (Å²) in [7, 11) is 0. The van der Waals surface area contributed by atoms with Crippen LogP contribution in [0.5, 0.6) is 0 Å². The topological polar surface area (TPSA) is 105 Å². The van der Waals surface area contributed by atoms with E-state index in [0.29, 0.717) is 11.5 Å². The lowest BCUT2D eigenvalue weighted by Gasteiger charge is -2.32. The molecule has 1 fully saturated rings. The van der Waals surface area contributed by atoms with E-state index in [1.807, 2.05) is 6.07 Å². The first-order valence-corrected chi connectivity index (χ1v) is 8.29. The fraction of sp³-hybridized carbons (Fsp3) is 0.333. The maximum Gasteiger partial charge on any atom is 0.328 e. The van der Waals surface area contributed by atoms with Crippen molar-refractivity contribution in [1.29, 1.82) is 0 Å². The molecule has 7 nitrogen and oxygen atoms in total. The SMILES string of the molecule is NCC1CCN(c2cncc(-c3cncc(/C=C/C(=O)O)c3)n2)CC1. The molecule has 0 aliphatic carbocycles. The van der Waals surface area contributed by atoms with Crippen LogP contribution in [-0.2, 0) is 4.79 Å². The highest BCUT2D eigenvalue weighted by Gasteiger charge is 2.19. The van der Waals surface area contributed by atoms with Crippen molar-refractivity contribution < 1.29 is 9.90 Å². The van der Waals surface area contributed by atoms with E-state index in [0.717, 1.165) is 55.6 Å². The number of pyridine rings is 1. The zero-order valence-corrected chi connectivity index (χ0v) is 13.9. The van der Waals surface area contributed by atoms with E-state index in [9.17, 15) is 4.79 Å². The number of hydrogen-bond acceptors (Lipinski definition) is 6. The number of piperidine rings is 1. The van der Waals surface area contributed by atoms with E-state index < -0.39 is 5.97 Å². The highest BCUT2D eigenvalue weighted by molar-refractivity contribution is 5.85. The third-order valence-electron chi connectivity index (χ3n) is 4.37. The largest absolute Gasteiger partial charge is 0.478 e. The lowest BCUT2D eigenvalue weighted by molar-refractivity contribution is -0.131. The van der Waals surface area contributed by atoms with Crippen LogP contribution in [0.3, 0.4) is 0 Å². The van der Waals surface area contributed by atoms with Crippen molar-refractivity contribution in [2.45, 2.75) is 12.8 Å². The number of carboxylic acid groups (broad SMARTS) is 1. The summed E-state index contributed by atoms with van der Waals surface area (Å²) >= 11 is 0. The second-order valence-corrected chi connectivity index (χ2v) is 6.11. The second kappa shape index (κ2) is 7.85. The van der Waals surface area contributed by atoms with Gasteiger partial charge in [0.15, 0.2) is 0 Å². The summed E-state index contributed by atoms with van der Waals surface area (Å²) in [6.07, 6.45) is 11.5. The Balaban J connectivity index is 1.80. The lowest BCUT2D eigenvalue weighted by atomic mass is 9.97. The van der Waals surface area contributed by atoms with Gasteiger partial charge in [0.05, 0.1) is 18.1 Å². The van der Waals surface area contributed by atoms with Gasteiger partial charge in [-0.05, 0) is 43.0 Å². The molecule has 0 bridgehead atoms. The number of nitrogens with zero attached hydrogens (tertiary/aromatic N) is 4. The van der Waals surface area contributed by atoms with Crippen molar-refractivity contribution in [2.75, 3.05) is 24.5 Å². The first-order chi connectivity index (χ1) is 12.2. The Morgan fingerprint density at radius 2 is 2.00 bits per heavy atom. The summed E-state index contributed by atoms with van der Waals surface area (Å²) in [5.41, 5.74) is 7.98. The van der Waals surface area contributed by atoms with E-state index in [-0.39, 0.29) is 0 Å². The summed E-state index contributed by atoms with van der Waals surface area (Å²) in [5, 5.41) is 8.74. The standard InChI is InChI=1S/C18H21N5O2/c19-8-13-3-5-23(6-4-13)17-12-21-11-16(22-17)15-7-14(9-20-10-15)1-2-18(24)25/h1-2,7,9-13H,3-6,8,19H2,(H,24,25)/b2-1+. The summed E-state index contributed by atoms with van der Waals surface area (Å²) in [6, 6.07) is 1.85. The summed E-state index contributed by atoms with van der Waals surface area (Å²) in [6.45, 7) is 2.60. The third kappa shape index (κ3) is 4.39. The summed E-state index contributed by atoms with van der Waals surface area (Å²) in [4.78, 5) is 26.1. The number of aliphatic carboxylic acids is 1. The van der Waals surface area contributed by atoms with Crippen LogP contribution >= 0.6 is 0 Å². The molecule has 3 N–H and O–H groups in total. The molecular weight excluding hydrogens is 318 g/mol. The van der Waals surface area contributed by atoms with E-state index in [1.54, 1.807) is 24.8 Å². The minimum absolute atomic E-state index is 0.592. The van der Waals surface area contributed by atoms with Crippen LogP contribution in [0.25, 0.3) is 17.3 Å². The number of anilines is 1. The van der Waals surface area contributed by atoms with Crippen LogP contribution in [0.1, 0.15) is 18.4 Å². The van der Waals surface area contributed by atoms with Crippen molar-refractivity contribution in [2.24, 2.45) is 11.7 Å². The highest BCUT2D eigenvalue weighted by atomic mass is 16.4. The molecule has 0 amide bonds. The number of carboxylic acids is 1. The zero-order valence-electron chi connectivity index (χ0n) is 13.9. The molecule has 3 heterocycles. The van der Waals surface area contributed by atoms with Gasteiger partial charge in [0.2, 0.25) is 0 Å². The van der Waals surface area contributed by atoms with E-state index in [1.165, 1.54) is 6.08 Å². The maximum atomic E-state index is 10.6. The van der Waals surface area contributed by atoms with Crippen LogP contribution in [-0.4, -0.2) is 45.7 Å². The van der Waals surface area contributed by atoms with Crippen molar-refractivity contribution in [3.63, 3.8) is 0 Å². The van der Waals surface area contributed by atoms with Crippen LogP contribution in [0.4, 0.5) is 5.82 Å². The lowest BCUT2D eigenvalue weighted by Crippen LogP contribution is -2.36. The molecule has 2 aromatic heterocycles. The number of rotatable bonds is 5. The van der Waals surface area contributed by atoms with Gasteiger partial charge in [-0.15, -0.1) is 0 Å². The Morgan fingerprint density at radius 3 is 2.72 bits per heavy atom. The predicted octanol–water partition coefficient (Wildman–Crippen LogP) is 1.81. The molecule has 2 aromatic rings. The van der Waals surface area contributed by atoms with Crippen molar-refractivity contribution in [3.8, 4) is 11.3 Å². The Hall–Kier alpha value is -2.80. The fourth-order valence-electron chi connectivity index (χ4n) is 2.90. The van der Waals surface area contributed by atoms with Gasteiger partial charge in [-0.3, -0.25) is 9.97 Å². The molecular formula is C18H21N5O2. The van der Waals surface area contributed by atoms with Gasteiger partial charge in [-0.25, -0.2) is 9.78 Å². The van der Waals surface area contributed by atoms with Crippen molar-refractivity contribution in [1.82, 2.24) is 15.0 Å². The molecule has 0 unspecified atom stereocenters. The number of nitrogens with two attached hydrogens (primary N) is 1. The average Bonchev–Trinajstić information content (AvgIpc) is 2.67. The summed E-state index contributed by atoms with van der Waals surface area (Å²) in [5.74, 6) is 0.446. The molecule has 0 aromatic carbocycles. The Morgan fingerprint density at radius 1 is 1.24 bits per heavy atom.